The Bertz CT molecular complexity index is 724. The number of nitrogens with zero attached hydrogens (tertiary/aromatic N) is 1. The Morgan fingerprint density at radius 1 is 1.43 bits per heavy atom. The van der Waals surface area contributed by atoms with E-state index in [2.05, 4.69) is 0 Å². The number of hydrogen-bond acceptors (Lipinski definition) is 4. The molecule has 0 bridgehead atoms. The molecule has 9 heteroatoms. The van der Waals surface area contributed by atoms with E-state index in [9.17, 15) is 18.4 Å². The number of carboxylic acid groups (broad SMARTS) is 1. The molecule has 2 rings (SSSR count). The zero-order valence-electron chi connectivity index (χ0n) is 11.5. The third kappa shape index (κ3) is 4.07. The Kier molecular flexibility index (Phi) is 5.72. The predicted molar refractivity (Wildman–Crippen MR) is 88.1 cm³/mol. The lowest BCUT2D eigenvalue weighted by Gasteiger charge is -2.13. The molecule has 1 aliphatic rings. The molecule has 1 fully saturated rings. The van der Waals surface area contributed by atoms with Crippen LogP contribution in [0.1, 0.15) is 18.4 Å². The van der Waals surface area contributed by atoms with Crippen molar-refractivity contribution in [1.82, 2.24) is 4.90 Å². The summed E-state index contributed by atoms with van der Waals surface area (Å²) in [5.41, 5.74) is -0.413. The third-order valence-corrected chi connectivity index (χ3v) is 4.67. The summed E-state index contributed by atoms with van der Waals surface area (Å²) in [4.78, 5) is 24.0. The number of carbonyl (C=O) groups is 2. The van der Waals surface area contributed by atoms with Crippen molar-refractivity contribution in [2.75, 3.05) is 6.54 Å². The van der Waals surface area contributed by atoms with Gasteiger partial charge in [0.25, 0.3) is 5.91 Å². The molecule has 1 heterocycles. The van der Waals surface area contributed by atoms with Gasteiger partial charge in [0, 0.05) is 18.5 Å². The first-order valence-electron chi connectivity index (χ1n) is 6.42. The molecule has 1 N–H and O–H groups in total. The zero-order chi connectivity index (χ0) is 17.1. The van der Waals surface area contributed by atoms with Crippen molar-refractivity contribution in [3.8, 4) is 0 Å². The molecule has 1 saturated heterocycles. The fourth-order valence-corrected chi connectivity index (χ4v) is 3.34. The van der Waals surface area contributed by atoms with Crippen LogP contribution in [0.4, 0.5) is 8.78 Å². The first kappa shape index (κ1) is 17.8. The summed E-state index contributed by atoms with van der Waals surface area (Å²) in [5, 5.41) is 8.35. The highest BCUT2D eigenvalue weighted by Crippen LogP contribution is 2.34. The number of benzene rings is 1. The second-order valence-electron chi connectivity index (χ2n) is 4.59. The molecular weight excluding hydrogens is 368 g/mol. The van der Waals surface area contributed by atoms with Crippen LogP contribution in [0, 0.1) is 11.6 Å². The van der Waals surface area contributed by atoms with E-state index < -0.39 is 29.1 Å². The SMILES string of the molecule is O=C(O)CCCN1C(=O)C(=Cc2c(F)ccc(Cl)c2F)SC1=S. The van der Waals surface area contributed by atoms with Gasteiger partial charge in [-0.2, -0.15) is 0 Å². The quantitative estimate of drug-likeness (QED) is 0.482. The van der Waals surface area contributed by atoms with Gasteiger partial charge in [-0.15, -0.1) is 0 Å². The maximum atomic E-state index is 13.9. The molecule has 1 aliphatic heterocycles. The van der Waals surface area contributed by atoms with Crippen molar-refractivity contribution >= 4 is 57.9 Å². The van der Waals surface area contributed by atoms with Gasteiger partial charge >= 0.3 is 5.97 Å². The van der Waals surface area contributed by atoms with Gasteiger partial charge in [-0.05, 0) is 24.6 Å². The van der Waals surface area contributed by atoms with Gasteiger partial charge in [0.2, 0.25) is 0 Å². The fourth-order valence-electron chi connectivity index (χ4n) is 1.89. The first-order chi connectivity index (χ1) is 10.8. The highest BCUT2D eigenvalue weighted by atomic mass is 35.5. The molecule has 1 aromatic rings. The monoisotopic (exact) mass is 377 g/mol. The number of thiocarbonyl (C=S) groups is 1. The minimum absolute atomic E-state index is 0.0605. The molecule has 0 atom stereocenters. The number of aliphatic carboxylic acids is 1. The number of hydrogen-bond donors (Lipinski definition) is 1. The van der Waals surface area contributed by atoms with E-state index in [-0.39, 0.29) is 33.6 Å². The Morgan fingerprint density at radius 3 is 2.78 bits per heavy atom. The summed E-state index contributed by atoms with van der Waals surface area (Å²) in [6.45, 7) is 0.134. The lowest BCUT2D eigenvalue weighted by molar-refractivity contribution is -0.137. The van der Waals surface area contributed by atoms with E-state index in [0.29, 0.717) is 0 Å². The summed E-state index contributed by atoms with van der Waals surface area (Å²) in [6, 6.07) is 2.09. The largest absolute Gasteiger partial charge is 0.481 e. The van der Waals surface area contributed by atoms with E-state index in [1.165, 1.54) is 4.90 Å². The lowest BCUT2D eigenvalue weighted by atomic mass is 10.1. The van der Waals surface area contributed by atoms with Gasteiger partial charge in [-0.3, -0.25) is 14.5 Å². The second-order valence-corrected chi connectivity index (χ2v) is 6.67. The molecule has 1 amide bonds. The van der Waals surface area contributed by atoms with Crippen LogP contribution in [0.2, 0.25) is 5.02 Å². The molecule has 0 spiro atoms. The number of halogens is 3. The maximum Gasteiger partial charge on any atom is 0.303 e. The van der Waals surface area contributed by atoms with Gasteiger partial charge in [0.1, 0.15) is 10.1 Å². The Morgan fingerprint density at radius 2 is 2.13 bits per heavy atom. The van der Waals surface area contributed by atoms with Gasteiger partial charge in [0.15, 0.2) is 5.82 Å². The number of amides is 1. The highest BCUT2D eigenvalue weighted by Gasteiger charge is 2.32. The van der Waals surface area contributed by atoms with Gasteiger partial charge in [-0.25, -0.2) is 8.78 Å². The molecule has 0 aromatic heterocycles. The molecule has 4 nitrogen and oxygen atoms in total. The maximum absolute atomic E-state index is 13.9. The van der Waals surface area contributed by atoms with Crippen molar-refractivity contribution in [1.29, 1.82) is 0 Å². The van der Waals surface area contributed by atoms with Crippen LogP contribution in [0.5, 0.6) is 0 Å². The van der Waals surface area contributed by atoms with Crippen LogP contribution in [0.25, 0.3) is 6.08 Å². The number of rotatable bonds is 5. The fraction of sp³-hybridized carbons (Fsp3) is 0.214. The first-order valence-corrected chi connectivity index (χ1v) is 8.02. The summed E-state index contributed by atoms with van der Waals surface area (Å²) < 4.78 is 27.8. The van der Waals surface area contributed by atoms with E-state index in [4.69, 9.17) is 28.9 Å². The Balaban J connectivity index is 2.22. The second kappa shape index (κ2) is 7.37. The van der Waals surface area contributed by atoms with Crippen LogP contribution in [0.3, 0.4) is 0 Å². The predicted octanol–water partition coefficient (Wildman–Crippen LogP) is 3.68. The molecule has 23 heavy (non-hydrogen) atoms. The summed E-state index contributed by atoms with van der Waals surface area (Å²) in [7, 11) is 0. The van der Waals surface area contributed by atoms with Crippen molar-refractivity contribution in [3.63, 3.8) is 0 Å². The Labute approximate surface area is 145 Å². The standard InChI is InChI=1S/C14H10ClF2NO3S2/c15-8-3-4-9(16)7(12(8)17)6-10-13(21)18(14(22)23-10)5-1-2-11(19)20/h3-4,6H,1-2,5H2,(H,19,20). The van der Waals surface area contributed by atoms with Crippen molar-refractivity contribution in [2.24, 2.45) is 0 Å². The number of carbonyl (C=O) groups excluding carboxylic acids is 1. The van der Waals surface area contributed by atoms with Crippen molar-refractivity contribution in [3.05, 3.63) is 39.3 Å². The zero-order valence-corrected chi connectivity index (χ0v) is 13.9. The van der Waals surface area contributed by atoms with Gasteiger partial charge < -0.3 is 5.11 Å². The number of carboxylic acids is 1. The molecule has 0 unspecified atom stereocenters. The summed E-state index contributed by atoms with van der Waals surface area (Å²) in [5.74, 6) is -3.29. The molecule has 0 aliphatic carbocycles. The van der Waals surface area contributed by atoms with E-state index in [0.717, 1.165) is 30.0 Å². The average Bonchev–Trinajstić information content (AvgIpc) is 2.74. The molecule has 1 aromatic carbocycles. The van der Waals surface area contributed by atoms with Crippen LogP contribution in [0.15, 0.2) is 17.0 Å². The molecular formula is C14H10ClF2NO3S2. The highest BCUT2D eigenvalue weighted by molar-refractivity contribution is 8.26. The van der Waals surface area contributed by atoms with Crippen LogP contribution >= 0.6 is 35.6 Å². The number of thioether (sulfide) groups is 1. The van der Waals surface area contributed by atoms with E-state index >= 15 is 0 Å². The van der Waals surface area contributed by atoms with Crippen molar-refractivity contribution < 1.29 is 23.5 Å². The van der Waals surface area contributed by atoms with E-state index in [1.807, 2.05) is 0 Å². The Hall–Kier alpha value is -1.51. The minimum Gasteiger partial charge on any atom is -0.481 e. The minimum atomic E-state index is -0.978. The van der Waals surface area contributed by atoms with Gasteiger partial charge in [-0.1, -0.05) is 35.6 Å². The van der Waals surface area contributed by atoms with Crippen LogP contribution < -0.4 is 0 Å². The smallest absolute Gasteiger partial charge is 0.303 e. The van der Waals surface area contributed by atoms with Crippen LogP contribution in [-0.4, -0.2) is 32.7 Å². The average molecular weight is 378 g/mol. The van der Waals surface area contributed by atoms with Crippen molar-refractivity contribution in [2.45, 2.75) is 12.8 Å². The molecule has 122 valence electrons. The third-order valence-electron chi connectivity index (χ3n) is 3.00. The lowest BCUT2D eigenvalue weighted by Crippen LogP contribution is -2.29. The topological polar surface area (TPSA) is 57.6 Å². The summed E-state index contributed by atoms with van der Waals surface area (Å²) >= 11 is 11.6. The normalized spacial score (nSPS) is 16.5. The van der Waals surface area contributed by atoms with E-state index in [1.54, 1.807) is 0 Å². The molecule has 0 radical (unpaired) electrons. The summed E-state index contributed by atoms with van der Waals surface area (Å²) in [6.07, 6.45) is 1.19. The van der Waals surface area contributed by atoms with Crippen LogP contribution in [-0.2, 0) is 9.59 Å². The molecule has 0 saturated carbocycles. The van der Waals surface area contributed by atoms with Gasteiger partial charge in [0.05, 0.1) is 9.93 Å².